The van der Waals surface area contributed by atoms with Gasteiger partial charge in [0.25, 0.3) is 0 Å². The number of hydrogen-bond donors (Lipinski definition) is 1. The average Bonchev–Trinajstić information content (AvgIpc) is 2.51. The maximum absolute atomic E-state index is 12.1. The molecule has 1 saturated heterocycles. The molecule has 1 aliphatic heterocycles. The molecule has 4 heteroatoms. The fourth-order valence-corrected chi connectivity index (χ4v) is 4.10. The van der Waals surface area contributed by atoms with Gasteiger partial charge in [0, 0.05) is 6.04 Å². The van der Waals surface area contributed by atoms with E-state index < -0.39 is 9.84 Å². The summed E-state index contributed by atoms with van der Waals surface area (Å²) in [5.41, 5.74) is 2.40. The van der Waals surface area contributed by atoms with Crippen LogP contribution in [0.5, 0.6) is 0 Å². The van der Waals surface area contributed by atoms with E-state index in [1.807, 2.05) is 6.92 Å². The van der Waals surface area contributed by atoms with Crippen molar-refractivity contribution in [2.45, 2.75) is 44.4 Å². The average molecular weight is 281 g/mol. The monoisotopic (exact) mass is 281 g/mol. The number of aryl methyl sites for hydroxylation is 1. The minimum Gasteiger partial charge on any atom is -0.309 e. The van der Waals surface area contributed by atoms with Crippen molar-refractivity contribution in [3.05, 3.63) is 35.4 Å². The van der Waals surface area contributed by atoms with Gasteiger partial charge in [-0.3, -0.25) is 0 Å². The molecule has 1 N–H and O–H groups in total. The predicted octanol–water partition coefficient (Wildman–Crippen LogP) is 2.48. The van der Waals surface area contributed by atoms with Crippen LogP contribution >= 0.6 is 0 Å². The first kappa shape index (κ1) is 14.5. The highest BCUT2D eigenvalue weighted by molar-refractivity contribution is 7.92. The molecule has 2 rings (SSSR count). The zero-order valence-electron chi connectivity index (χ0n) is 11.7. The van der Waals surface area contributed by atoms with Gasteiger partial charge in [0.1, 0.15) is 0 Å². The summed E-state index contributed by atoms with van der Waals surface area (Å²) in [6, 6.07) is 8.29. The quantitative estimate of drug-likeness (QED) is 0.926. The summed E-state index contributed by atoms with van der Waals surface area (Å²) in [7, 11) is -2.98. The molecular formula is C15H23NO2S. The predicted molar refractivity (Wildman–Crippen MR) is 79.0 cm³/mol. The molecule has 0 radical (unpaired) electrons. The Bertz CT molecular complexity index is 507. The molecule has 1 fully saturated rings. The van der Waals surface area contributed by atoms with E-state index in [0.717, 1.165) is 24.9 Å². The van der Waals surface area contributed by atoms with Crippen LogP contribution in [0.3, 0.4) is 0 Å². The molecule has 0 amide bonds. The molecular weight excluding hydrogens is 258 g/mol. The van der Waals surface area contributed by atoms with Gasteiger partial charge in [-0.15, -0.1) is 0 Å². The van der Waals surface area contributed by atoms with Gasteiger partial charge >= 0.3 is 0 Å². The topological polar surface area (TPSA) is 46.2 Å². The Labute approximate surface area is 116 Å². The Morgan fingerprint density at radius 2 is 1.95 bits per heavy atom. The summed E-state index contributed by atoms with van der Waals surface area (Å²) in [5.74, 6) is 0.210. The molecule has 1 aromatic carbocycles. The summed E-state index contributed by atoms with van der Waals surface area (Å²) in [5, 5.41) is 3.12. The van der Waals surface area contributed by atoms with Crippen molar-refractivity contribution < 1.29 is 8.42 Å². The standard InChI is InChI=1S/C15H23NO2S/c1-3-4-13-5-7-14(8-6-13)15-11-19(17,18)12(2)9-10-16-15/h5-8,12,15-16H,3-4,9-11H2,1-2H3. The number of rotatable bonds is 3. The summed E-state index contributed by atoms with van der Waals surface area (Å²) < 4.78 is 24.2. The highest BCUT2D eigenvalue weighted by atomic mass is 32.2. The van der Waals surface area contributed by atoms with E-state index in [1.165, 1.54) is 5.56 Å². The second kappa shape index (κ2) is 6.06. The lowest BCUT2D eigenvalue weighted by Gasteiger charge is -2.16. The smallest absolute Gasteiger partial charge is 0.154 e. The Morgan fingerprint density at radius 1 is 1.26 bits per heavy atom. The lowest BCUT2D eigenvalue weighted by atomic mass is 10.0. The lowest BCUT2D eigenvalue weighted by molar-refractivity contribution is 0.572. The summed E-state index contributed by atoms with van der Waals surface area (Å²) in [6.45, 7) is 4.74. The van der Waals surface area contributed by atoms with Crippen LogP contribution in [-0.4, -0.2) is 26.0 Å². The molecule has 0 saturated carbocycles. The molecule has 1 heterocycles. The maximum atomic E-state index is 12.1. The molecule has 0 spiro atoms. The molecule has 2 unspecified atom stereocenters. The van der Waals surface area contributed by atoms with Crippen LogP contribution in [0.2, 0.25) is 0 Å². The van der Waals surface area contributed by atoms with Crippen LogP contribution in [0.15, 0.2) is 24.3 Å². The van der Waals surface area contributed by atoms with E-state index in [2.05, 4.69) is 36.5 Å². The van der Waals surface area contributed by atoms with Gasteiger partial charge in [0.15, 0.2) is 9.84 Å². The zero-order valence-corrected chi connectivity index (χ0v) is 12.5. The van der Waals surface area contributed by atoms with Crippen molar-refractivity contribution in [3.8, 4) is 0 Å². The highest BCUT2D eigenvalue weighted by Gasteiger charge is 2.29. The van der Waals surface area contributed by atoms with Crippen LogP contribution in [0.1, 0.15) is 43.9 Å². The van der Waals surface area contributed by atoms with Crippen LogP contribution in [0.25, 0.3) is 0 Å². The molecule has 19 heavy (non-hydrogen) atoms. The number of benzene rings is 1. The molecule has 2 atom stereocenters. The third kappa shape index (κ3) is 3.57. The van der Waals surface area contributed by atoms with Gasteiger partial charge in [-0.25, -0.2) is 8.42 Å². The van der Waals surface area contributed by atoms with Gasteiger partial charge in [-0.05, 0) is 37.4 Å². The minimum absolute atomic E-state index is 0.0642. The zero-order chi connectivity index (χ0) is 13.9. The van der Waals surface area contributed by atoms with Crippen LogP contribution < -0.4 is 5.32 Å². The molecule has 3 nitrogen and oxygen atoms in total. The van der Waals surface area contributed by atoms with Crippen LogP contribution in [0, 0.1) is 0 Å². The van der Waals surface area contributed by atoms with E-state index in [9.17, 15) is 8.42 Å². The molecule has 0 aromatic heterocycles. The van der Waals surface area contributed by atoms with Crippen molar-refractivity contribution in [2.75, 3.05) is 12.3 Å². The normalized spacial score (nSPS) is 26.8. The van der Waals surface area contributed by atoms with Crippen molar-refractivity contribution >= 4 is 9.84 Å². The largest absolute Gasteiger partial charge is 0.309 e. The van der Waals surface area contributed by atoms with Crippen molar-refractivity contribution in [1.82, 2.24) is 5.32 Å². The molecule has 0 aliphatic carbocycles. The van der Waals surface area contributed by atoms with E-state index in [1.54, 1.807) is 0 Å². The van der Waals surface area contributed by atoms with Crippen molar-refractivity contribution in [3.63, 3.8) is 0 Å². The molecule has 0 bridgehead atoms. The third-order valence-corrected chi connectivity index (χ3v) is 6.13. The van der Waals surface area contributed by atoms with Crippen molar-refractivity contribution in [1.29, 1.82) is 0 Å². The third-order valence-electron chi connectivity index (χ3n) is 3.87. The number of hydrogen-bond acceptors (Lipinski definition) is 3. The first-order chi connectivity index (χ1) is 9.03. The molecule has 1 aromatic rings. The van der Waals surface area contributed by atoms with Crippen LogP contribution in [0.4, 0.5) is 0 Å². The molecule has 1 aliphatic rings. The summed E-state index contributed by atoms with van der Waals surface area (Å²) in [6.07, 6.45) is 2.91. The van der Waals surface area contributed by atoms with Gasteiger partial charge in [0.2, 0.25) is 0 Å². The molecule has 106 valence electrons. The Balaban J connectivity index is 2.16. The fraction of sp³-hybridized carbons (Fsp3) is 0.600. The number of nitrogens with one attached hydrogen (secondary N) is 1. The first-order valence-electron chi connectivity index (χ1n) is 7.06. The van der Waals surface area contributed by atoms with E-state index in [-0.39, 0.29) is 17.0 Å². The Hall–Kier alpha value is -0.870. The maximum Gasteiger partial charge on any atom is 0.154 e. The van der Waals surface area contributed by atoms with Gasteiger partial charge < -0.3 is 5.32 Å². The van der Waals surface area contributed by atoms with E-state index >= 15 is 0 Å². The second-order valence-corrected chi connectivity index (χ2v) is 7.89. The summed E-state index contributed by atoms with van der Waals surface area (Å²) in [4.78, 5) is 0. The van der Waals surface area contributed by atoms with E-state index in [0.29, 0.717) is 6.42 Å². The van der Waals surface area contributed by atoms with Gasteiger partial charge in [0.05, 0.1) is 11.0 Å². The fourth-order valence-electron chi connectivity index (χ4n) is 2.52. The SMILES string of the molecule is CCCc1ccc(C2CS(=O)(=O)C(C)CCN2)cc1. The second-order valence-electron chi connectivity index (χ2n) is 5.43. The minimum atomic E-state index is -2.98. The first-order valence-corrected chi connectivity index (χ1v) is 8.78. The Morgan fingerprint density at radius 3 is 2.58 bits per heavy atom. The Kier molecular flexibility index (Phi) is 4.63. The highest BCUT2D eigenvalue weighted by Crippen LogP contribution is 2.22. The van der Waals surface area contributed by atoms with Gasteiger partial charge in [-0.2, -0.15) is 0 Å². The van der Waals surface area contributed by atoms with E-state index in [4.69, 9.17) is 0 Å². The summed E-state index contributed by atoms with van der Waals surface area (Å²) >= 11 is 0. The van der Waals surface area contributed by atoms with Crippen molar-refractivity contribution in [2.24, 2.45) is 0 Å². The number of sulfone groups is 1. The lowest BCUT2D eigenvalue weighted by Crippen LogP contribution is -2.26. The van der Waals surface area contributed by atoms with Crippen LogP contribution in [-0.2, 0) is 16.3 Å². The van der Waals surface area contributed by atoms with Gasteiger partial charge in [-0.1, -0.05) is 37.6 Å².